The van der Waals surface area contributed by atoms with Gasteiger partial charge in [-0.2, -0.15) is 5.26 Å². The summed E-state index contributed by atoms with van der Waals surface area (Å²) in [6, 6.07) is 6.42. The molecular formula is C9H9BrN2O2. The van der Waals surface area contributed by atoms with Crippen LogP contribution in [0.2, 0.25) is 0 Å². The van der Waals surface area contributed by atoms with Gasteiger partial charge in [-0.25, -0.2) is 0 Å². The number of aliphatic hydroxyl groups excluding tert-OH is 2. The lowest BCUT2D eigenvalue weighted by atomic mass is 10.0. The molecule has 4 nitrogen and oxygen atoms in total. The highest BCUT2D eigenvalue weighted by molar-refractivity contribution is 9.10. The largest absolute Gasteiger partial charge is 0.398 e. The van der Waals surface area contributed by atoms with Crippen molar-refractivity contribution in [3.8, 4) is 6.07 Å². The van der Waals surface area contributed by atoms with Gasteiger partial charge in [0.25, 0.3) is 0 Å². The van der Waals surface area contributed by atoms with E-state index in [2.05, 4.69) is 15.9 Å². The van der Waals surface area contributed by atoms with E-state index >= 15 is 0 Å². The highest BCUT2D eigenvalue weighted by atomic mass is 79.9. The van der Waals surface area contributed by atoms with Crippen molar-refractivity contribution >= 4 is 21.6 Å². The average Bonchev–Trinajstić information content (AvgIpc) is 2.19. The van der Waals surface area contributed by atoms with E-state index in [4.69, 9.17) is 16.1 Å². The highest BCUT2D eigenvalue weighted by Crippen LogP contribution is 2.26. The molecule has 1 aromatic carbocycles. The number of hydrogen-bond donors (Lipinski definition) is 3. The molecule has 0 radical (unpaired) electrons. The van der Waals surface area contributed by atoms with Crippen LogP contribution in [0.25, 0.3) is 0 Å². The van der Waals surface area contributed by atoms with Gasteiger partial charge in [-0.1, -0.05) is 15.9 Å². The van der Waals surface area contributed by atoms with Crippen molar-refractivity contribution < 1.29 is 10.2 Å². The molecule has 0 spiro atoms. The predicted molar refractivity (Wildman–Crippen MR) is 55.1 cm³/mol. The van der Waals surface area contributed by atoms with Crippen LogP contribution in [-0.2, 0) is 0 Å². The van der Waals surface area contributed by atoms with Crippen LogP contribution >= 0.6 is 15.9 Å². The second-order valence-corrected chi connectivity index (χ2v) is 3.71. The molecule has 0 aliphatic carbocycles. The number of aliphatic hydroxyl groups is 2. The first-order chi connectivity index (χ1) is 6.56. The zero-order chi connectivity index (χ0) is 10.7. The zero-order valence-corrected chi connectivity index (χ0v) is 8.77. The summed E-state index contributed by atoms with van der Waals surface area (Å²) < 4.78 is 0.728. The van der Waals surface area contributed by atoms with Crippen molar-refractivity contribution in [3.05, 3.63) is 28.2 Å². The first-order valence-corrected chi connectivity index (χ1v) is 4.66. The summed E-state index contributed by atoms with van der Waals surface area (Å²) in [4.78, 5) is 0. The lowest BCUT2D eigenvalue weighted by Crippen LogP contribution is -2.17. The summed E-state index contributed by atoms with van der Waals surface area (Å²) >= 11 is 3.20. The van der Waals surface area contributed by atoms with E-state index in [-0.39, 0.29) is 0 Å². The van der Waals surface area contributed by atoms with Crippen molar-refractivity contribution in [2.24, 2.45) is 0 Å². The molecule has 0 aliphatic heterocycles. The standard InChI is InChI=1S/C9H9BrN2O2/c10-5-1-2-7(12)6(3-5)9(14)8(13)4-11/h1-3,8-9,13-14H,12H2. The van der Waals surface area contributed by atoms with E-state index in [0.29, 0.717) is 11.3 Å². The van der Waals surface area contributed by atoms with Crippen molar-refractivity contribution in [3.63, 3.8) is 0 Å². The average molecular weight is 257 g/mol. The number of anilines is 1. The summed E-state index contributed by atoms with van der Waals surface area (Å²) in [7, 11) is 0. The Hall–Kier alpha value is -1.09. The summed E-state index contributed by atoms with van der Waals surface area (Å²) in [5.41, 5.74) is 6.27. The minimum atomic E-state index is -1.47. The van der Waals surface area contributed by atoms with Crippen LogP contribution in [0.4, 0.5) is 5.69 Å². The van der Waals surface area contributed by atoms with Gasteiger partial charge in [-0.05, 0) is 18.2 Å². The van der Waals surface area contributed by atoms with Gasteiger partial charge in [0.05, 0.1) is 6.07 Å². The Labute approximate surface area is 89.7 Å². The van der Waals surface area contributed by atoms with E-state index in [1.54, 1.807) is 24.3 Å². The topological polar surface area (TPSA) is 90.3 Å². The van der Waals surface area contributed by atoms with Gasteiger partial charge in [0.2, 0.25) is 0 Å². The van der Waals surface area contributed by atoms with Gasteiger partial charge in [0, 0.05) is 15.7 Å². The second kappa shape index (κ2) is 4.42. The molecule has 0 saturated carbocycles. The maximum absolute atomic E-state index is 9.52. The van der Waals surface area contributed by atoms with Crippen LogP contribution in [0.15, 0.2) is 22.7 Å². The molecule has 0 fully saturated rings. The maximum atomic E-state index is 9.52. The summed E-state index contributed by atoms with van der Waals surface area (Å²) in [6.07, 6.45) is -2.75. The quantitative estimate of drug-likeness (QED) is 0.543. The molecule has 1 aromatic rings. The Balaban J connectivity index is 3.07. The molecular weight excluding hydrogens is 248 g/mol. The molecule has 74 valence electrons. The van der Waals surface area contributed by atoms with Gasteiger partial charge in [0.1, 0.15) is 6.10 Å². The molecule has 0 saturated heterocycles. The van der Waals surface area contributed by atoms with Crippen molar-refractivity contribution in [1.82, 2.24) is 0 Å². The minimum absolute atomic E-state index is 0.341. The Kier molecular flexibility index (Phi) is 3.47. The van der Waals surface area contributed by atoms with Gasteiger partial charge < -0.3 is 15.9 Å². The molecule has 0 bridgehead atoms. The van der Waals surface area contributed by atoms with Crippen molar-refractivity contribution in [2.45, 2.75) is 12.2 Å². The fourth-order valence-electron chi connectivity index (χ4n) is 1.04. The van der Waals surface area contributed by atoms with Crippen LogP contribution in [-0.4, -0.2) is 16.3 Å². The van der Waals surface area contributed by atoms with Gasteiger partial charge in [-0.15, -0.1) is 0 Å². The first-order valence-electron chi connectivity index (χ1n) is 3.87. The van der Waals surface area contributed by atoms with Gasteiger partial charge >= 0.3 is 0 Å². The van der Waals surface area contributed by atoms with Crippen LogP contribution in [0.5, 0.6) is 0 Å². The lowest BCUT2D eigenvalue weighted by Gasteiger charge is -2.14. The number of nitrogens with zero attached hydrogens (tertiary/aromatic N) is 1. The SMILES string of the molecule is N#CC(O)C(O)c1cc(Br)ccc1N. The van der Waals surface area contributed by atoms with Gasteiger partial charge in [0.15, 0.2) is 6.10 Å². The van der Waals surface area contributed by atoms with Crippen LogP contribution in [0.1, 0.15) is 11.7 Å². The highest BCUT2D eigenvalue weighted by Gasteiger charge is 2.19. The molecule has 2 atom stereocenters. The Bertz CT molecular complexity index is 376. The number of rotatable bonds is 2. The van der Waals surface area contributed by atoms with E-state index in [9.17, 15) is 5.11 Å². The summed E-state index contributed by atoms with van der Waals surface area (Å²) in [5.74, 6) is 0. The van der Waals surface area contributed by atoms with E-state index in [0.717, 1.165) is 4.47 Å². The van der Waals surface area contributed by atoms with E-state index in [1.165, 1.54) is 0 Å². The Morgan fingerprint density at radius 3 is 2.64 bits per heavy atom. The molecule has 0 aliphatic rings. The summed E-state index contributed by atoms with van der Waals surface area (Å²) in [5, 5.41) is 27.0. The fourth-order valence-corrected chi connectivity index (χ4v) is 1.42. The smallest absolute Gasteiger partial charge is 0.170 e. The third-order valence-electron chi connectivity index (χ3n) is 1.80. The van der Waals surface area contributed by atoms with E-state index < -0.39 is 12.2 Å². The fraction of sp³-hybridized carbons (Fsp3) is 0.222. The normalized spacial score (nSPS) is 14.4. The molecule has 2 unspecified atom stereocenters. The van der Waals surface area contributed by atoms with Crippen LogP contribution in [0.3, 0.4) is 0 Å². The second-order valence-electron chi connectivity index (χ2n) is 2.79. The number of nitriles is 1. The molecule has 0 aromatic heterocycles. The molecule has 0 amide bonds. The molecule has 1 rings (SSSR count). The number of nitrogen functional groups attached to an aromatic ring is 1. The van der Waals surface area contributed by atoms with Gasteiger partial charge in [-0.3, -0.25) is 0 Å². The zero-order valence-electron chi connectivity index (χ0n) is 7.18. The number of benzene rings is 1. The number of hydrogen-bond acceptors (Lipinski definition) is 4. The van der Waals surface area contributed by atoms with Crippen LogP contribution < -0.4 is 5.73 Å². The lowest BCUT2D eigenvalue weighted by molar-refractivity contribution is 0.0532. The van der Waals surface area contributed by atoms with E-state index in [1.807, 2.05) is 0 Å². The minimum Gasteiger partial charge on any atom is -0.398 e. The third-order valence-corrected chi connectivity index (χ3v) is 2.29. The Morgan fingerprint density at radius 2 is 2.07 bits per heavy atom. The molecule has 14 heavy (non-hydrogen) atoms. The first kappa shape index (κ1) is 11.0. The number of nitrogens with two attached hydrogens (primary N) is 1. The number of halogens is 1. The van der Waals surface area contributed by atoms with Crippen molar-refractivity contribution in [1.29, 1.82) is 5.26 Å². The van der Waals surface area contributed by atoms with Crippen molar-refractivity contribution in [2.75, 3.05) is 5.73 Å². The molecule has 5 heteroatoms. The molecule has 4 N–H and O–H groups in total. The maximum Gasteiger partial charge on any atom is 0.170 e. The predicted octanol–water partition coefficient (Wildman–Crippen LogP) is 0.949. The summed E-state index contributed by atoms with van der Waals surface area (Å²) in [6.45, 7) is 0. The van der Waals surface area contributed by atoms with Crippen LogP contribution in [0, 0.1) is 11.3 Å². The Morgan fingerprint density at radius 1 is 1.43 bits per heavy atom. The third kappa shape index (κ3) is 2.23. The monoisotopic (exact) mass is 256 g/mol. The molecule has 0 heterocycles.